The van der Waals surface area contributed by atoms with Crippen molar-refractivity contribution in [1.29, 1.82) is 0 Å². The van der Waals surface area contributed by atoms with Gasteiger partial charge in [-0.2, -0.15) is 0 Å². The second kappa shape index (κ2) is 8.79. The summed E-state index contributed by atoms with van der Waals surface area (Å²) >= 11 is 7.56. The van der Waals surface area contributed by atoms with Crippen LogP contribution in [-0.2, 0) is 17.9 Å². The third kappa shape index (κ3) is 4.40. The van der Waals surface area contributed by atoms with Gasteiger partial charge in [0.05, 0.1) is 24.6 Å². The Labute approximate surface area is 186 Å². The van der Waals surface area contributed by atoms with Crippen molar-refractivity contribution in [3.05, 3.63) is 90.7 Å². The molecule has 0 unspecified atom stereocenters. The molecule has 0 aliphatic heterocycles. The summed E-state index contributed by atoms with van der Waals surface area (Å²) in [4.78, 5) is 39.8. The lowest BCUT2D eigenvalue weighted by Gasteiger charge is -2.14. The number of anilines is 1. The van der Waals surface area contributed by atoms with Crippen molar-refractivity contribution < 1.29 is 9.53 Å². The largest absolute Gasteiger partial charge is 0.497 e. The number of amides is 1. The van der Waals surface area contributed by atoms with Crippen LogP contribution >= 0.6 is 22.9 Å². The maximum atomic E-state index is 13.2. The molecule has 9 heteroatoms. The first-order valence-electron chi connectivity index (χ1n) is 9.35. The topological polar surface area (TPSA) is 82.3 Å². The number of nitrogens with one attached hydrogen (secondary N) is 1. The number of ether oxygens (including phenoxy) is 1. The third-order valence-electron chi connectivity index (χ3n) is 4.76. The second-order valence-electron chi connectivity index (χ2n) is 6.78. The number of benzene rings is 2. The molecule has 2 heterocycles. The number of hydrogen-bond donors (Lipinski definition) is 1. The molecule has 0 radical (unpaired) electrons. The number of methoxy groups -OCH3 is 1. The summed E-state index contributed by atoms with van der Waals surface area (Å²) in [6.45, 7) is -0.138. The Morgan fingerprint density at radius 3 is 2.55 bits per heavy atom. The summed E-state index contributed by atoms with van der Waals surface area (Å²) in [6.07, 6.45) is 0. The van der Waals surface area contributed by atoms with Gasteiger partial charge in [0.2, 0.25) is 5.91 Å². The van der Waals surface area contributed by atoms with E-state index in [1.54, 1.807) is 43.5 Å². The van der Waals surface area contributed by atoms with Gasteiger partial charge in [0.15, 0.2) is 0 Å². The van der Waals surface area contributed by atoms with E-state index in [9.17, 15) is 14.4 Å². The van der Waals surface area contributed by atoms with E-state index in [1.807, 2.05) is 17.5 Å². The monoisotopic (exact) mass is 455 g/mol. The van der Waals surface area contributed by atoms with E-state index in [4.69, 9.17) is 16.3 Å². The van der Waals surface area contributed by atoms with Crippen LogP contribution in [0.2, 0.25) is 5.02 Å². The Bertz CT molecular complexity index is 1360. The van der Waals surface area contributed by atoms with Gasteiger partial charge in [0.1, 0.15) is 12.3 Å². The minimum Gasteiger partial charge on any atom is -0.497 e. The van der Waals surface area contributed by atoms with E-state index >= 15 is 0 Å². The van der Waals surface area contributed by atoms with Crippen LogP contribution in [0.1, 0.15) is 4.88 Å². The number of rotatable bonds is 6. The zero-order chi connectivity index (χ0) is 22.0. The quantitative estimate of drug-likeness (QED) is 0.482. The summed E-state index contributed by atoms with van der Waals surface area (Å²) < 4.78 is 7.52. The molecule has 4 rings (SSSR count). The molecular weight excluding hydrogens is 438 g/mol. The number of nitrogens with zero attached hydrogens (tertiary/aromatic N) is 2. The van der Waals surface area contributed by atoms with Crippen molar-refractivity contribution in [2.45, 2.75) is 13.1 Å². The van der Waals surface area contributed by atoms with Crippen LogP contribution in [0.5, 0.6) is 5.75 Å². The van der Waals surface area contributed by atoms with Crippen molar-refractivity contribution in [3.8, 4) is 5.75 Å². The minimum atomic E-state index is -0.571. The molecule has 31 heavy (non-hydrogen) atoms. The first-order valence-corrected chi connectivity index (χ1v) is 10.6. The van der Waals surface area contributed by atoms with Gasteiger partial charge in [-0.3, -0.25) is 18.7 Å². The molecular formula is C22H18ClN3O4S. The molecule has 7 nitrogen and oxygen atoms in total. The van der Waals surface area contributed by atoms with E-state index in [0.29, 0.717) is 27.4 Å². The number of carbonyl (C=O) groups excluding carboxylic acids is 1. The predicted molar refractivity (Wildman–Crippen MR) is 123 cm³/mol. The molecule has 4 aromatic rings. The highest BCUT2D eigenvalue weighted by molar-refractivity contribution is 7.09. The van der Waals surface area contributed by atoms with Gasteiger partial charge < -0.3 is 10.1 Å². The van der Waals surface area contributed by atoms with Crippen molar-refractivity contribution in [2.24, 2.45) is 0 Å². The minimum absolute atomic E-state index is 0.133. The molecule has 0 aliphatic carbocycles. The zero-order valence-electron chi connectivity index (χ0n) is 16.5. The average molecular weight is 456 g/mol. The molecule has 0 saturated heterocycles. The molecule has 1 N–H and O–H groups in total. The number of fused-ring (bicyclic) bond motifs is 1. The third-order valence-corrected chi connectivity index (χ3v) is 5.85. The van der Waals surface area contributed by atoms with Crippen LogP contribution in [0.4, 0.5) is 5.69 Å². The fraction of sp³-hybridized carbons (Fsp3) is 0.136. The Balaban J connectivity index is 1.74. The normalized spacial score (nSPS) is 10.9. The summed E-state index contributed by atoms with van der Waals surface area (Å²) in [6, 6.07) is 15.2. The van der Waals surface area contributed by atoms with E-state index < -0.39 is 17.2 Å². The molecule has 1 amide bonds. The number of thiophene rings is 1. The van der Waals surface area contributed by atoms with Crippen LogP contribution < -0.4 is 21.3 Å². The maximum absolute atomic E-state index is 13.2. The maximum Gasteiger partial charge on any atom is 0.332 e. The lowest BCUT2D eigenvalue weighted by molar-refractivity contribution is -0.116. The Morgan fingerprint density at radius 2 is 1.87 bits per heavy atom. The Morgan fingerprint density at radius 1 is 1.10 bits per heavy atom. The van der Waals surface area contributed by atoms with Crippen LogP contribution in [0.3, 0.4) is 0 Å². The molecule has 0 saturated carbocycles. The standard InChI is InChI=1S/C22H18ClN3O4S/c1-30-16-7-5-15(6-8-16)24-20(27)13-25-19-11-14(23)4-9-18(19)21(28)26(22(25)29)12-17-3-2-10-31-17/h2-11H,12-13H2,1H3,(H,24,27). The Kier molecular flexibility index (Phi) is 5.92. The van der Waals surface area contributed by atoms with Gasteiger partial charge in [0, 0.05) is 15.6 Å². The molecule has 0 spiro atoms. The van der Waals surface area contributed by atoms with E-state index in [0.717, 1.165) is 9.44 Å². The van der Waals surface area contributed by atoms with Crippen LogP contribution in [-0.4, -0.2) is 22.2 Å². The van der Waals surface area contributed by atoms with Crippen molar-refractivity contribution in [2.75, 3.05) is 12.4 Å². The van der Waals surface area contributed by atoms with Gasteiger partial charge in [0.25, 0.3) is 5.56 Å². The summed E-state index contributed by atoms with van der Waals surface area (Å²) in [5.41, 5.74) is -0.113. The van der Waals surface area contributed by atoms with Crippen molar-refractivity contribution >= 4 is 45.4 Å². The molecule has 0 aliphatic rings. The lowest BCUT2D eigenvalue weighted by Crippen LogP contribution is -2.41. The summed E-state index contributed by atoms with van der Waals surface area (Å²) in [5, 5.41) is 5.32. The fourth-order valence-electron chi connectivity index (χ4n) is 3.26. The van der Waals surface area contributed by atoms with E-state index in [1.165, 1.54) is 22.0 Å². The number of halogens is 1. The Hall–Kier alpha value is -3.36. The van der Waals surface area contributed by atoms with Crippen LogP contribution in [0.25, 0.3) is 10.9 Å². The molecule has 0 atom stereocenters. The van der Waals surface area contributed by atoms with Crippen molar-refractivity contribution in [1.82, 2.24) is 9.13 Å². The van der Waals surface area contributed by atoms with Gasteiger partial charge in [-0.1, -0.05) is 17.7 Å². The van der Waals surface area contributed by atoms with E-state index in [-0.39, 0.29) is 13.1 Å². The highest BCUT2D eigenvalue weighted by atomic mass is 35.5. The molecule has 0 fully saturated rings. The van der Waals surface area contributed by atoms with E-state index in [2.05, 4.69) is 5.32 Å². The summed E-state index contributed by atoms with van der Waals surface area (Å²) in [5.74, 6) is 0.255. The lowest BCUT2D eigenvalue weighted by atomic mass is 10.2. The molecule has 2 aromatic heterocycles. The zero-order valence-corrected chi connectivity index (χ0v) is 18.1. The van der Waals surface area contributed by atoms with Gasteiger partial charge in [-0.25, -0.2) is 4.79 Å². The molecule has 158 valence electrons. The molecule has 2 aromatic carbocycles. The second-order valence-corrected chi connectivity index (χ2v) is 8.25. The highest BCUT2D eigenvalue weighted by Crippen LogP contribution is 2.18. The highest BCUT2D eigenvalue weighted by Gasteiger charge is 2.16. The summed E-state index contributed by atoms with van der Waals surface area (Å²) in [7, 11) is 1.56. The first-order chi connectivity index (χ1) is 15.0. The fourth-order valence-corrected chi connectivity index (χ4v) is 4.12. The number of aromatic nitrogens is 2. The van der Waals surface area contributed by atoms with Gasteiger partial charge >= 0.3 is 5.69 Å². The number of carbonyl (C=O) groups is 1. The van der Waals surface area contributed by atoms with Crippen LogP contribution in [0, 0.1) is 0 Å². The van der Waals surface area contributed by atoms with Crippen molar-refractivity contribution in [3.63, 3.8) is 0 Å². The molecule has 0 bridgehead atoms. The van der Waals surface area contributed by atoms with Gasteiger partial charge in [-0.05, 0) is 53.9 Å². The van der Waals surface area contributed by atoms with Crippen LogP contribution in [0.15, 0.2) is 69.6 Å². The number of hydrogen-bond acceptors (Lipinski definition) is 5. The SMILES string of the molecule is COc1ccc(NC(=O)Cn2c(=O)n(Cc3cccs3)c(=O)c3ccc(Cl)cc32)cc1. The first kappa shape index (κ1) is 20.9. The average Bonchev–Trinajstić information content (AvgIpc) is 3.28. The van der Waals surface area contributed by atoms with Gasteiger partial charge in [-0.15, -0.1) is 11.3 Å². The smallest absolute Gasteiger partial charge is 0.332 e. The predicted octanol–water partition coefficient (Wildman–Crippen LogP) is 3.57.